The first-order valence-corrected chi connectivity index (χ1v) is 9.33. The van der Waals surface area contributed by atoms with Crippen molar-refractivity contribution in [2.45, 2.75) is 6.54 Å². The van der Waals surface area contributed by atoms with Gasteiger partial charge in [-0.15, -0.1) is 0 Å². The lowest BCUT2D eigenvalue weighted by atomic mass is 10.2. The Morgan fingerprint density at radius 1 is 0.840 bits per heavy atom. The van der Waals surface area contributed by atoms with E-state index >= 15 is 0 Å². The van der Waals surface area contributed by atoms with Crippen molar-refractivity contribution < 1.29 is 9.47 Å². The van der Waals surface area contributed by atoms with E-state index in [1.807, 2.05) is 66.7 Å². The summed E-state index contributed by atoms with van der Waals surface area (Å²) in [6, 6.07) is 21.8. The molecule has 5 heteroatoms. The topological polar surface area (TPSA) is 30.5 Å². The minimum atomic E-state index is 0.708. The predicted octanol–water partition coefficient (Wildman–Crippen LogP) is 6.62. The highest BCUT2D eigenvalue weighted by Crippen LogP contribution is 2.34. The Bertz CT molecular complexity index is 813. The molecule has 0 aliphatic heterocycles. The van der Waals surface area contributed by atoms with Gasteiger partial charge in [-0.25, -0.2) is 0 Å². The molecule has 0 aliphatic carbocycles. The molecule has 0 radical (unpaired) electrons. The van der Waals surface area contributed by atoms with Crippen molar-refractivity contribution >= 4 is 37.5 Å². The van der Waals surface area contributed by atoms with E-state index in [-0.39, 0.29) is 0 Å². The van der Waals surface area contributed by atoms with Gasteiger partial charge in [0.2, 0.25) is 0 Å². The maximum absolute atomic E-state index is 5.80. The first-order chi connectivity index (χ1) is 12.2. The summed E-state index contributed by atoms with van der Waals surface area (Å²) in [5.41, 5.74) is 2.17. The number of benzene rings is 3. The Balaban J connectivity index is 1.62. The lowest BCUT2D eigenvalue weighted by molar-refractivity contribution is 0.409. The molecule has 0 amide bonds. The van der Waals surface area contributed by atoms with Crippen LogP contribution in [0.1, 0.15) is 5.56 Å². The highest BCUT2D eigenvalue weighted by Gasteiger charge is 2.07. The van der Waals surface area contributed by atoms with Crippen LogP contribution in [0, 0.1) is 0 Å². The van der Waals surface area contributed by atoms with Gasteiger partial charge in [0.15, 0.2) is 0 Å². The molecule has 0 bridgehead atoms. The molecule has 3 rings (SSSR count). The molecule has 0 unspecified atom stereocenters. The predicted molar refractivity (Wildman–Crippen MR) is 109 cm³/mol. The Morgan fingerprint density at radius 3 is 2.04 bits per heavy atom. The van der Waals surface area contributed by atoms with Crippen molar-refractivity contribution in [3.05, 3.63) is 81.2 Å². The van der Waals surface area contributed by atoms with Gasteiger partial charge in [-0.2, -0.15) is 0 Å². The van der Waals surface area contributed by atoms with Crippen molar-refractivity contribution in [3.63, 3.8) is 0 Å². The lowest BCUT2D eigenvalue weighted by Crippen LogP contribution is -2.00. The second-order valence-electron chi connectivity index (χ2n) is 5.39. The fourth-order valence-corrected chi connectivity index (χ4v) is 3.98. The van der Waals surface area contributed by atoms with Gasteiger partial charge in [0, 0.05) is 12.2 Å². The highest BCUT2D eigenvalue weighted by atomic mass is 79.9. The molecule has 0 aromatic heterocycles. The molecular formula is C20H17Br2NO2. The average Bonchev–Trinajstić information content (AvgIpc) is 2.62. The summed E-state index contributed by atoms with van der Waals surface area (Å²) in [5.74, 6) is 2.44. The number of nitrogens with one attached hydrogen (secondary N) is 1. The summed E-state index contributed by atoms with van der Waals surface area (Å²) in [6.45, 7) is 0.708. The first-order valence-electron chi connectivity index (χ1n) is 7.74. The minimum absolute atomic E-state index is 0.708. The Kier molecular flexibility index (Phi) is 6.00. The van der Waals surface area contributed by atoms with Gasteiger partial charge in [0.25, 0.3) is 0 Å². The van der Waals surface area contributed by atoms with Crippen molar-refractivity contribution in [3.8, 4) is 17.2 Å². The third-order valence-corrected chi connectivity index (χ3v) is 4.77. The van der Waals surface area contributed by atoms with E-state index in [1.54, 1.807) is 7.11 Å². The molecule has 0 atom stereocenters. The summed E-state index contributed by atoms with van der Waals surface area (Å²) in [7, 11) is 1.65. The van der Waals surface area contributed by atoms with Crippen LogP contribution < -0.4 is 14.8 Å². The van der Waals surface area contributed by atoms with Crippen LogP contribution >= 0.6 is 31.9 Å². The van der Waals surface area contributed by atoms with Crippen LogP contribution in [0.15, 0.2) is 75.7 Å². The number of hydrogen-bond acceptors (Lipinski definition) is 3. The molecule has 25 heavy (non-hydrogen) atoms. The van der Waals surface area contributed by atoms with Gasteiger partial charge >= 0.3 is 0 Å². The summed E-state index contributed by atoms with van der Waals surface area (Å²) in [5, 5.41) is 3.41. The molecule has 0 saturated carbocycles. The number of hydrogen-bond donors (Lipinski definition) is 1. The minimum Gasteiger partial charge on any atom is -0.494 e. The standard InChI is InChI=1S/C20H17Br2NO2/c1-24-20-18(21)11-14(12-19(20)22)13-23-15-7-9-17(10-8-15)25-16-5-3-2-4-6-16/h2-12,23H,13H2,1H3. The van der Waals surface area contributed by atoms with E-state index < -0.39 is 0 Å². The highest BCUT2D eigenvalue weighted by molar-refractivity contribution is 9.11. The maximum atomic E-state index is 5.80. The molecule has 3 aromatic rings. The Hall–Kier alpha value is -1.98. The number of para-hydroxylation sites is 1. The van der Waals surface area contributed by atoms with E-state index in [0.717, 1.165) is 37.4 Å². The zero-order valence-corrected chi connectivity index (χ0v) is 16.8. The van der Waals surface area contributed by atoms with Crippen molar-refractivity contribution in [1.29, 1.82) is 0 Å². The SMILES string of the molecule is COc1c(Br)cc(CNc2ccc(Oc3ccccc3)cc2)cc1Br. The van der Waals surface area contributed by atoms with Crippen molar-refractivity contribution in [2.24, 2.45) is 0 Å². The summed E-state index contributed by atoms with van der Waals surface area (Å²) in [4.78, 5) is 0. The Labute approximate surface area is 164 Å². The molecule has 3 aromatic carbocycles. The molecule has 1 N–H and O–H groups in total. The van der Waals surface area contributed by atoms with Gasteiger partial charge in [0.05, 0.1) is 16.1 Å². The summed E-state index contributed by atoms with van der Waals surface area (Å²) in [6.07, 6.45) is 0. The monoisotopic (exact) mass is 461 g/mol. The van der Waals surface area contributed by atoms with Gasteiger partial charge in [-0.1, -0.05) is 18.2 Å². The fraction of sp³-hybridized carbons (Fsp3) is 0.100. The number of rotatable bonds is 6. The van der Waals surface area contributed by atoms with Crippen molar-refractivity contribution in [2.75, 3.05) is 12.4 Å². The molecular weight excluding hydrogens is 446 g/mol. The zero-order chi connectivity index (χ0) is 17.6. The number of ether oxygens (including phenoxy) is 2. The molecule has 128 valence electrons. The van der Waals surface area contributed by atoms with E-state index in [9.17, 15) is 0 Å². The van der Waals surface area contributed by atoms with E-state index in [4.69, 9.17) is 9.47 Å². The van der Waals surface area contributed by atoms with E-state index in [1.165, 1.54) is 0 Å². The first kappa shape index (κ1) is 17.8. The lowest BCUT2D eigenvalue weighted by Gasteiger charge is -2.11. The molecule has 0 heterocycles. The smallest absolute Gasteiger partial charge is 0.147 e. The largest absolute Gasteiger partial charge is 0.494 e. The second kappa shape index (κ2) is 8.41. The fourth-order valence-electron chi connectivity index (χ4n) is 2.38. The van der Waals surface area contributed by atoms with Crippen LogP contribution in [-0.2, 0) is 6.54 Å². The number of halogens is 2. The molecule has 0 spiro atoms. The third kappa shape index (κ3) is 4.77. The number of methoxy groups -OCH3 is 1. The second-order valence-corrected chi connectivity index (χ2v) is 7.09. The third-order valence-electron chi connectivity index (χ3n) is 3.59. The van der Waals surface area contributed by atoms with Crippen LogP contribution in [-0.4, -0.2) is 7.11 Å². The van der Waals surface area contributed by atoms with Crippen LogP contribution in [0.5, 0.6) is 17.2 Å². The van der Waals surface area contributed by atoms with Gasteiger partial charge < -0.3 is 14.8 Å². The summed E-state index contributed by atoms with van der Waals surface area (Å²) >= 11 is 7.05. The van der Waals surface area contributed by atoms with E-state index in [2.05, 4.69) is 37.2 Å². The van der Waals surface area contributed by atoms with Crippen LogP contribution in [0.25, 0.3) is 0 Å². The van der Waals surface area contributed by atoms with Gasteiger partial charge in [-0.05, 0) is 86.0 Å². The number of anilines is 1. The zero-order valence-electron chi connectivity index (χ0n) is 13.6. The maximum Gasteiger partial charge on any atom is 0.147 e. The summed E-state index contributed by atoms with van der Waals surface area (Å²) < 4.78 is 13.0. The van der Waals surface area contributed by atoms with Gasteiger partial charge in [-0.3, -0.25) is 0 Å². The van der Waals surface area contributed by atoms with Crippen LogP contribution in [0.3, 0.4) is 0 Å². The van der Waals surface area contributed by atoms with Crippen LogP contribution in [0.2, 0.25) is 0 Å². The molecule has 0 aliphatic rings. The van der Waals surface area contributed by atoms with Crippen molar-refractivity contribution in [1.82, 2.24) is 0 Å². The average molecular weight is 463 g/mol. The Morgan fingerprint density at radius 2 is 1.44 bits per heavy atom. The van der Waals surface area contributed by atoms with E-state index in [0.29, 0.717) is 6.54 Å². The quantitative estimate of drug-likeness (QED) is 0.446. The normalized spacial score (nSPS) is 10.4. The molecule has 3 nitrogen and oxygen atoms in total. The van der Waals surface area contributed by atoms with Crippen LogP contribution in [0.4, 0.5) is 5.69 Å². The molecule has 0 fully saturated rings. The van der Waals surface area contributed by atoms with Gasteiger partial charge in [0.1, 0.15) is 17.2 Å². The molecule has 0 saturated heterocycles.